The standard InChI is InChI=1S/C43H39FN4S/c44-40-41-38-25-9-5-23(6-10-25)36(38)31(47-41)18-30-35-22-3-1-21(2-4-22)34(35)29(46-30)17-28(45)33-20-13-15-27(16-14-20)43(33)49-19-32-37-24-7-11-26(12-8-24)39(37)42(40)48-32/h1,3,5,7,9,11,13,15,17-27,45-48H,2,4,6,8,10,12,14,16H2/b29-17?,30-18?,32-19-,42-40+,45-28?. The number of halogens is 1. The monoisotopic (exact) mass is 662 g/mol. The lowest BCUT2D eigenvalue weighted by Crippen LogP contribution is -2.27. The van der Waals surface area contributed by atoms with Crippen LogP contribution in [0.3, 0.4) is 0 Å². The van der Waals surface area contributed by atoms with Crippen LogP contribution >= 0.6 is 11.8 Å². The average Bonchev–Trinajstić information content (AvgIpc) is 3.87. The molecule has 0 amide bonds. The molecule has 1 aliphatic heterocycles. The molecular formula is C43H39FN4S. The lowest BCUT2D eigenvalue weighted by Gasteiger charge is -2.35. The van der Waals surface area contributed by atoms with Crippen LogP contribution in [0.5, 0.6) is 0 Å². The van der Waals surface area contributed by atoms with Crippen LogP contribution in [0.4, 0.5) is 4.39 Å². The quantitative estimate of drug-likeness (QED) is 0.187. The molecule has 4 nitrogen and oxygen atoms in total. The van der Waals surface area contributed by atoms with Crippen molar-refractivity contribution in [3.05, 3.63) is 125 Å². The van der Waals surface area contributed by atoms with E-state index in [9.17, 15) is 5.41 Å². The van der Waals surface area contributed by atoms with Crippen molar-refractivity contribution < 1.29 is 4.39 Å². The van der Waals surface area contributed by atoms with Crippen molar-refractivity contribution in [3.63, 3.8) is 0 Å². The predicted molar refractivity (Wildman–Crippen MR) is 196 cm³/mol. The van der Waals surface area contributed by atoms with E-state index in [1.54, 1.807) is 11.8 Å². The Labute approximate surface area is 288 Å². The van der Waals surface area contributed by atoms with E-state index in [0.29, 0.717) is 46.3 Å². The number of allylic oxidation sites excluding steroid dienone is 10. The summed E-state index contributed by atoms with van der Waals surface area (Å²) >= 11 is 1.78. The van der Waals surface area contributed by atoms with Gasteiger partial charge in [0.25, 0.3) is 0 Å². The Balaban J connectivity index is 1.20. The Morgan fingerprint density at radius 1 is 0.531 bits per heavy atom. The Bertz CT molecular complexity index is 2470. The van der Waals surface area contributed by atoms with Crippen LogP contribution in [0.15, 0.2) is 59.1 Å². The number of thioether (sulfide) groups is 1. The highest BCUT2D eigenvalue weighted by Gasteiger charge is 2.39. The van der Waals surface area contributed by atoms with Gasteiger partial charge >= 0.3 is 0 Å². The molecule has 16 rings (SSSR count). The van der Waals surface area contributed by atoms with Gasteiger partial charge in [0.05, 0.1) is 16.8 Å². The van der Waals surface area contributed by atoms with Crippen LogP contribution in [-0.4, -0.2) is 20.7 Å². The number of fused-ring (bicyclic) bond motifs is 10. The maximum atomic E-state index is 17.6. The molecule has 4 N–H and O–H groups in total. The van der Waals surface area contributed by atoms with Gasteiger partial charge in [-0.1, -0.05) is 60.4 Å². The molecule has 6 heteroatoms. The van der Waals surface area contributed by atoms with Gasteiger partial charge in [0.2, 0.25) is 0 Å². The second-order valence-electron chi connectivity index (χ2n) is 16.0. The predicted octanol–water partition coefficient (Wildman–Crippen LogP) is 7.35. The minimum absolute atomic E-state index is 0.131. The zero-order valence-electron chi connectivity index (χ0n) is 27.4. The molecule has 4 heterocycles. The van der Waals surface area contributed by atoms with Crippen LogP contribution in [0.25, 0.3) is 23.4 Å². The van der Waals surface area contributed by atoms with Crippen molar-refractivity contribution in [1.29, 1.82) is 5.41 Å². The van der Waals surface area contributed by atoms with E-state index in [-0.39, 0.29) is 23.6 Å². The molecule has 0 radical (unpaired) electrons. The van der Waals surface area contributed by atoms with Gasteiger partial charge in [0.15, 0.2) is 5.83 Å². The number of hydrogen-bond acceptors (Lipinski definition) is 2. The van der Waals surface area contributed by atoms with Gasteiger partial charge in [-0.15, -0.1) is 0 Å². The maximum Gasteiger partial charge on any atom is 0.170 e. The summed E-state index contributed by atoms with van der Waals surface area (Å²) in [7, 11) is 0. The summed E-state index contributed by atoms with van der Waals surface area (Å²) in [6.45, 7) is 0. The molecule has 244 valence electrons. The Morgan fingerprint density at radius 3 is 1.67 bits per heavy atom. The number of rotatable bonds is 0. The number of nitrogens with one attached hydrogen (secondary N) is 4. The minimum Gasteiger partial charge on any atom is -0.355 e. The van der Waals surface area contributed by atoms with E-state index in [1.807, 2.05) is 0 Å². The number of hydrogen-bond donors (Lipinski definition) is 4. The van der Waals surface area contributed by atoms with E-state index in [4.69, 9.17) is 0 Å². The highest BCUT2D eigenvalue weighted by atomic mass is 32.2. The van der Waals surface area contributed by atoms with Crippen LogP contribution in [0.2, 0.25) is 0 Å². The summed E-state index contributed by atoms with van der Waals surface area (Å²) < 4.78 is 17.6. The average molecular weight is 663 g/mol. The van der Waals surface area contributed by atoms with Crippen molar-refractivity contribution in [2.75, 3.05) is 0 Å². The maximum absolute atomic E-state index is 17.6. The fourth-order valence-electron chi connectivity index (χ4n) is 11.5. The molecule has 0 fully saturated rings. The lowest BCUT2D eigenvalue weighted by molar-refractivity contribution is 0.512. The second-order valence-corrected chi connectivity index (χ2v) is 16.9. The molecule has 3 aromatic rings. The van der Waals surface area contributed by atoms with Gasteiger partial charge in [0.1, 0.15) is 0 Å². The zero-order chi connectivity index (χ0) is 32.1. The van der Waals surface area contributed by atoms with Crippen LogP contribution in [0.1, 0.15) is 132 Å². The molecular weight excluding hydrogens is 624 g/mol. The van der Waals surface area contributed by atoms with Gasteiger partial charge in [-0.3, -0.25) is 0 Å². The molecule has 14 bridgehead atoms. The molecule has 0 saturated heterocycles. The van der Waals surface area contributed by atoms with Crippen LogP contribution in [0, 0.1) is 17.2 Å². The van der Waals surface area contributed by atoms with E-state index in [2.05, 4.69) is 81.1 Å². The first-order valence-corrected chi connectivity index (χ1v) is 19.5. The number of aromatic amines is 3. The SMILES string of the molecule is N=C1C=c2[nH]c(c3c2C2C=CC3CC2)=Cc2[nH]c(c3c2C2C=CC3CC2)/C(F)=c2\[nH]/c(c3c2C2C=CC3CC2)=C\SC2=C1C1C=CC2CC1. The summed E-state index contributed by atoms with van der Waals surface area (Å²) in [5.74, 6) is 2.29. The van der Waals surface area contributed by atoms with E-state index in [0.717, 1.165) is 73.1 Å². The molecule has 13 aliphatic rings. The van der Waals surface area contributed by atoms with E-state index >= 15 is 4.39 Å². The third kappa shape index (κ3) is 3.69. The zero-order valence-corrected chi connectivity index (χ0v) is 28.2. The first-order valence-electron chi connectivity index (χ1n) is 18.6. The molecule has 0 saturated carbocycles. The summed E-state index contributed by atoms with van der Waals surface area (Å²) in [6.07, 6.45) is 32.3. The largest absolute Gasteiger partial charge is 0.355 e. The van der Waals surface area contributed by atoms with Crippen molar-refractivity contribution in [3.8, 4) is 0 Å². The summed E-state index contributed by atoms with van der Waals surface area (Å²) in [5.41, 5.74) is 11.2. The topological polar surface area (TPSA) is 71.2 Å². The van der Waals surface area contributed by atoms with Crippen molar-refractivity contribution in [1.82, 2.24) is 15.0 Å². The van der Waals surface area contributed by atoms with E-state index in [1.165, 1.54) is 43.9 Å². The smallest absolute Gasteiger partial charge is 0.170 e. The van der Waals surface area contributed by atoms with Gasteiger partial charge in [-0.25, -0.2) is 4.39 Å². The third-order valence-electron chi connectivity index (χ3n) is 13.6. The van der Waals surface area contributed by atoms with Crippen molar-refractivity contribution in [2.24, 2.45) is 11.8 Å². The van der Waals surface area contributed by atoms with E-state index < -0.39 is 0 Å². The lowest BCUT2D eigenvalue weighted by atomic mass is 9.71. The summed E-state index contributed by atoms with van der Waals surface area (Å²) in [6, 6.07) is 0. The molecule has 12 aliphatic carbocycles. The molecule has 8 atom stereocenters. The van der Waals surface area contributed by atoms with Gasteiger partial charge in [-0.05, 0) is 108 Å². The normalized spacial score (nSPS) is 35.4. The van der Waals surface area contributed by atoms with Gasteiger partial charge in [-0.2, -0.15) is 0 Å². The van der Waals surface area contributed by atoms with Crippen LogP contribution in [-0.2, 0) is 0 Å². The first-order chi connectivity index (χ1) is 24.1. The molecule has 49 heavy (non-hydrogen) atoms. The Kier molecular flexibility index (Phi) is 5.56. The first kappa shape index (κ1) is 27.8. The van der Waals surface area contributed by atoms with Gasteiger partial charge in [0, 0.05) is 74.0 Å². The molecule has 0 aromatic carbocycles. The summed E-state index contributed by atoms with van der Waals surface area (Å²) in [4.78, 5) is 12.6. The van der Waals surface area contributed by atoms with Crippen molar-refractivity contribution >= 4 is 40.9 Å². The van der Waals surface area contributed by atoms with Gasteiger partial charge < -0.3 is 20.4 Å². The van der Waals surface area contributed by atoms with Crippen molar-refractivity contribution in [2.45, 2.75) is 86.9 Å². The Morgan fingerprint density at radius 2 is 1.04 bits per heavy atom. The highest BCUT2D eigenvalue weighted by Crippen LogP contribution is 2.51. The highest BCUT2D eigenvalue weighted by molar-refractivity contribution is 8.10. The summed E-state index contributed by atoms with van der Waals surface area (Å²) in [5, 5.41) is 15.9. The van der Waals surface area contributed by atoms with Crippen LogP contribution < -0.4 is 21.4 Å². The molecule has 8 unspecified atom stereocenters. The third-order valence-corrected chi connectivity index (χ3v) is 14.8. The Hall–Kier alpha value is -4.03. The fraction of sp³-hybridized carbons (Fsp3) is 0.372. The minimum atomic E-state index is -0.131. The number of aromatic nitrogens is 3. The second kappa shape index (κ2) is 9.81. The fourth-order valence-corrected chi connectivity index (χ4v) is 12.7. The molecule has 3 aromatic heterocycles. The number of H-pyrrole nitrogens is 3. The molecule has 0 spiro atoms.